The number of hydrogen-bond acceptors (Lipinski definition) is 5. The van der Waals surface area contributed by atoms with Crippen LogP contribution in [0.3, 0.4) is 0 Å². The maximum Gasteiger partial charge on any atom is 0.164 e. The lowest BCUT2D eigenvalue weighted by molar-refractivity contribution is 0.669. The fourth-order valence-corrected chi connectivity index (χ4v) is 9.29. The standard InChI is InChI=1S/C58H34N2O3/c1-2-13-35(14-3-1)36-27-29-37(30-28-36)50-34-51(60-58(59-50)49-23-12-22-48-45-17-6-9-26-54(45)63-57(48)49)40-32-38(41-18-10-20-46-43-15-4-7-24-52(43)61-55(41)46)31-39(33-40)42-19-11-21-47-44-16-5-8-25-53(44)62-56(42)47/h1-34H. The zero-order valence-corrected chi connectivity index (χ0v) is 33.7. The van der Waals surface area contributed by atoms with E-state index in [9.17, 15) is 0 Å². The van der Waals surface area contributed by atoms with Crippen LogP contribution in [0, 0.1) is 0 Å². The predicted octanol–water partition coefficient (Wildman–Crippen LogP) is 16.2. The molecule has 0 aliphatic heterocycles. The summed E-state index contributed by atoms with van der Waals surface area (Å²) in [5.74, 6) is 0.574. The number of furan rings is 3. The number of aromatic nitrogens is 2. The van der Waals surface area contributed by atoms with Crippen molar-refractivity contribution < 1.29 is 13.3 Å². The molecule has 4 aromatic heterocycles. The fourth-order valence-electron chi connectivity index (χ4n) is 9.29. The minimum atomic E-state index is 0.574. The van der Waals surface area contributed by atoms with Crippen LogP contribution in [0.5, 0.6) is 0 Å². The summed E-state index contributed by atoms with van der Waals surface area (Å²) in [7, 11) is 0. The number of rotatable bonds is 6. The Morgan fingerprint density at radius 1 is 0.254 bits per heavy atom. The van der Waals surface area contributed by atoms with Gasteiger partial charge in [0, 0.05) is 54.6 Å². The van der Waals surface area contributed by atoms with E-state index in [4.69, 9.17) is 23.2 Å². The van der Waals surface area contributed by atoms with Crippen molar-refractivity contribution in [3.8, 4) is 67.3 Å². The Balaban J connectivity index is 1.07. The molecule has 0 unspecified atom stereocenters. The third-order valence-electron chi connectivity index (χ3n) is 12.3. The Bertz CT molecular complexity index is 3780. The summed E-state index contributed by atoms with van der Waals surface area (Å²) in [5, 5.41) is 6.38. The molecule has 0 aliphatic rings. The molecule has 4 heterocycles. The highest BCUT2D eigenvalue weighted by Crippen LogP contribution is 2.43. The second kappa shape index (κ2) is 14.0. The Labute approximate surface area is 361 Å². The van der Waals surface area contributed by atoms with Gasteiger partial charge < -0.3 is 13.3 Å². The quantitative estimate of drug-likeness (QED) is 0.167. The van der Waals surface area contributed by atoms with Crippen molar-refractivity contribution in [2.24, 2.45) is 0 Å². The van der Waals surface area contributed by atoms with E-state index in [1.165, 1.54) is 0 Å². The van der Waals surface area contributed by atoms with Crippen LogP contribution in [0.15, 0.2) is 220 Å². The SMILES string of the molecule is c1ccc(-c2ccc(-c3cc(-c4cc(-c5cccc6c5oc5ccccc56)cc(-c5cccc6c5oc5ccccc56)c4)nc(-c4cccc5c4oc4ccccc45)n3)cc2)cc1. The van der Waals surface area contributed by atoms with Gasteiger partial charge in [-0.05, 0) is 70.8 Å². The summed E-state index contributed by atoms with van der Waals surface area (Å²) in [4.78, 5) is 10.7. The lowest BCUT2D eigenvalue weighted by Crippen LogP contribution is -1.97. The molecule has 0 radical (unpaired) electrons. The topological polar surface area (TPSA) is 65.2 Å². The molecule has 0 spiro atoms. The number of para-hydroxylation sites is 6. The number of fused-ring (bicyclic) bond motifs is 9. The number of nitrogens with zero attached hydrogens (tertiary/aromatic N) is 2. The molecular formula is C58H34N2O3. The number of benzene rings is 9. The fraction of sp³-hybridized carbons (Fsp3) is 0. The molecule has 5 heteroatoms. The molecule has 0 atom stereocenters. The van der Waals surface area contributed by atoms with Crippen LogP contribution in [0.4, 0.5) is 0 Å². The van der Waals surface area contributed by atoms with E-state index < -0.39 is 0 Å². The van der Waals surface area contributed by atoms with E-state index in [2.05, 4.69) is 158 Å². The summed E-state index contributed by atoms with van der Waals surface area (Å²) >= 11 is 0. The highest BCUT2D eigenvalue weighted by Gasteiger charge is 2.21. The number of hydrogen-bond donors (Lipinski definition) is 0. The molecule has 63 heavy (non-hydrogen) atoms. The highest BCUT2D eigenvalue weighted by atomic mass is 16.3. The predicted molar refractivity (Wildman–Crippen MR) is 256 cm³/mol. The largest absolute Gasteiger partial charge is 0.455 e. The maximum atomic E-state index is 6.65. The zero-order chi connectivity index (χ0) is 41.4. The molecule has 294 valence electrons. The lowest BCUT2D eigenvalue weighted by atomic mass is 9.93. The Hall–Kier alpha value is -8.54. The van der Waals surface area contributed by atoms with Crippen LogP contribution < -0.4 is 0 Å². The van der Waals surface area contributed by atoms with E-state index in [1.807, 2.05) is 48.5 Å². The van der Waals surface area contributed by atoms with Gasteiger partial charge in [-0.1, -0.05) is 158 Å². The molecule has 13 rings (SSSR count). The van der Waals surface area contributed by atoms with Crippen molar-refractivity contribution >= 4 is 65.8 Å². The van der Waals surface area contributed by atoms with Gasteiger partial charge in [-0.25, -0.2) is 9.97 Å². The van der Waals surface area contributed by atoms with Gasteiger partial charge in [-0.3, -0.25) is 0 Å². The van der Waals surface area contributed by atoms with Crippen molar-refractivity contribution in [1.29, 1.82) is 0 Å². The summed E-state index contributed by atoms with van der Waals surface area (Å²) < 4.78 is 19.9. The molecule has 9 aromatic carbocycles. The van der Waals surface area contributed by atoms with Crippen LogP contribution >= 0.6 is 0 Å². The first-order chi connectivity index (χ1) is 31.2. The third kappa shape index (κ3) is 5.78. The van der Waals surface area contributed by atoms with Crippen LogP contribution in [-0.4, -0.2) is 9.97 Å². The van der Waals surface area contributed by atoms with E-state index in [1.54, 1.807) is 0 Å². The molecule has 0 saturated heterocycles. The smallest absolute Gasteiger partial charge is 0.164 e. The molecular weight excluding hydrogens is 773 g/mol. The average Bonchev–Trinajstić information content (AvgIpc) is 4.06. The van der Waals surface area contributed by atoms with E-state index in [0.29, 0.717) is 5.82 Å². The summed E-state index contributed by atoms with van der Waals surface area (Å²) in [5.41, 5.74) is 15.5. The minimum Gasteiger partial charge on any atom is -0.455 e. The van der Waals surface area contributed by atoms with Gasteiger partial charge in [0.15, 0.2) is 5.82 Å². The molecule has 0 bridgehead atoms. The zero-order valence-electron chi connectivity index (χ0n) is 33.7. The van der Waals surface area contributed by atoms with Gasteiger partial charge in [0.2, 0.25) is 0 Å². The van der Waals surface area contributed by atoms with Crippen molar-refractivity contribution in [2.75, 3.05) is 0 Å². The van der Waals surface area contributed by atoms with E-state index in [-0.39, 0.29) is 0 Å². The van der Waals surface area contributed by atoms with Crippen LogP contribution in [0.1, 0.15) is 0 Å². The highest BCUT2D eigenvalue weighted by molar-refractivity contribution is 6.12. The van der Waals surface area contributed by atoms with Crippen molar-refractivity contribution in [3.05, 3.63) is 206 Å². The summed E-state index contributed by atoms with van der Waals surface area (Å²) in [6, 6.07) is 71.4. The summed E-state index contributed by atoms with van der Waals surface area (Å²) in [6.45, 7) is 0. The first kappa shape index (κ1) is 35.2. The van der Waals surface area contributed by atoms with Gasteiger partial charge in [0.1, 0.15) is 33.5 Å². The van der Waals surface area contributed by atoms with E-state index in [0.717, 1.165) is 127 Å². The van der Waals surface area contributed by atoms with Crippen molar-refractivity contribution in [1.82, 2.24) is 9.97 Å². The maximum absolute atomic E-state index is 6.65. The van der Waals surface area contributed by atoms with Crippen LogP contribution in [0.25, 0.3) is 133 Å². The molecule has 5 nitrogen and oxygen atoms in total. The van der Waals surface area contributed by atoms with Gasteiger partial charge >= 0.3 is 0 Å². The van der Waals surface area contributed by atoms with Crippen LogP contribution in [0.2, 0.25) is 0 Å². The van der Waals surface area contributed by atoms with Crippen molar-refractivity contribution in [2.45, 2.75) is 0 Å². The first-order valence-electron chi connectivity index (χ1n) is 21.1. The van der Waals surface area contributed by atoms with Gasteiger partial charge in [0.25, 0.3) is 0 Å². The molecule has 0 fully saturated rings. The normalized spacial score (nSPS) is 11.8. The Kier molecular flexibility index (Phi) is 7.84. The van der Waals surface area contributed by atoms with Gasteiger partial charge in [-0.2, -0.15) is 0 Å². The van der Waals surface area contributed by atoms with E-state index >= 15 is 0 Å². The Morgan fingerprint density at radius 2 is 0.635 bits per heavy atom. The second-order valence-electron chi connectivity index (χ2n) is 16.0. The summed E-state index contributed by atoms with van der Waals surface area (Å²) in [6.07, 6.45) is 0. The molecule has 0 saturated carbocycles. The third-order valence-corrected chi connectivity index (χ3v) is 12.3. The monoisotopic (exact) mass is 806 g/mol. The molecule has 13 aromatic rings. The van der Waals surface area contributed by atoms with Crippen LogP contribution in [-0.2, 0) is 0 Å². The Morgan fingerprint density at radius 3 is 1.16 bits per heavy atom. The first-order valence-corrected chi connectivity index (χ1v) is 21.1. The van der Waals surface area contributed by atoms with Crippen molar-refractivity contribution in [3.63, 3.8) is 0 Å². The van der Waals surface area contributed by atoms with Gasteiger partial charge in [0.05, 0.1) is 17.0 Å². The molecule has 0 N–H and O–H groups in total. The van der Waals surface area contributed by atoms with Gasteiger partial charge in [-0.15, -0.1) is 0 Å². The second-order valence-corrected chi connectivity index (χ2v) is 16.0. The minimum absolute atomic E-state index is 0.574. The average molecular weight is 807 g/mol. The lowest BCUT2D eigenvalue weighted by Gasteiger charge is -2.14. The molecule has 0 amide bonds. The molecule has 0 aliphatic carbocycles.